The lowest BCUT2D eigenvalue weighted by atomic mass is 9.69. The summed E-state index contributed by atoms with van der Waals surface area (Å²) in [4.78, 5) is 0. The van der Waals surface area contributed by atoms with E-state index in [4.69, 9.17) is 9.47 Å². The van der Waals surface area contributed by atoms with Gasteiger partial charge < -0.3 is 14.6 Å². The summed E-state index contributed by atoms with van der Waals surface area (Å²) in [7, 11) is 1.62. The molecule has 84 valence electrons. The van der Waals surface area contributed by atoms with Crippen molar-refractivity contribution >= 4 is 0 Å². The molecule has 0 amide bonds. The first-order chi connectivity index (χ1) is 6.44. The minimum atomic E-state index is -0.210. The number of methoxy groups -OCH3 is 1. The fraction of sp³-hybridized carbons (Fsp3) is 1.00. The third-order valence-corrected chi connectivity index (χ3v) is 3.98. The molecule has 1 unspecified atom stereocenters. The Bertz CT molecular complexity index is 191. The van der Waals surface area contributed by atoms with Crippen LogP contribution in [0.1, 0.15) is 33.6 Å². The largest absolute Gasteiger partial charge is 0.393 e. The van der Waals surface area contributed by atoms with Crippen molar-refractivity contribution in [2.75, 3.05) is 20.5 Å². The van der Waals surface area contributed by atoms with Crippen LogP contribution in [0.5, 0.6) is 0 Å². The number of ether oxygens (including phenoxy) is 2. The van der Waals surface area contributed by atoms with Gasteiger partial charge in [-0.15, -0.1) is 0 Å². The molecule has 2 atom stereocenters. The van der Waals surface area contributed by atoms with Gasteiger partial charge in [-0.2, -0.15) is 0 Å². The van der Waals surface area contributed by atoms with Crippen molar-refractivity contribution in [3.8, 4) is 0 Å². The lowest BCUT2D eigenvalue weighted by Gasteiger charge is -2.39. The third kappa shape index (κ3) is 1.95. The van der Waals surface area contributed by atoms with E-state index in [9.17, 15) is 5.11 Å². The van der Waals surface area contributed by atoms with Crippen molar-refractivity contribution in [3.63, 3.8) is 0 Å². The molecule has 0 aliphatic heterocycles. The van der Waals surface area contributed by atoms with E-state index in [1.165, 1.54) is 0 Å². The van der Waals surface area contributed by atoms with Gasteiger partial charge in [0.15, 0.2) is 0 Å². The maximum absolute atomic E-state index is 9.86. The van der Waals surface area contributed by atoms with E-state index in [2.05, 4.69) is 20.8 Å². The van der Waals surface area contributed by atoms with E-state index in [1.807, 2.05) is 0 Å². The van der Waals surface area contributed by atoms with Crippen LogP contribution in [0, 0.1) is 10.8 Å². The van der Waals surface area contributed by atoms with Gasteiger partial charge in [-0.25, -0.2) is 0 Å². The molecule has 1 aliphatic carbocycles. The second-order valence-electron chi connectivity index (χ2n) is 5.09. The Morgan fingerprint density at radius 3 is 2.43 bits per heavy atom. The average molecular weight is 202 g/mol. The molecule has 1 N–H and O–H groups in total. The smallest absolute Gasteiger partial charge is 0.146 e. The molecular weight excluding hydrogens is 180 g/mol. The van der Waals surface area contributed by atoms with E-state index >= 15 is 0 Å². The van der Waals surface area contributed by atoms with E-state index in [-0.39, 0.29) is 16.9 Å². The van der Waals surface area contributed by atoms with Crippen LogP contribution in [0.15, 0.2) is 0 Å². The standard InChI is InChI=1S/C11H22O3/c1-10(2)9(12)5-6-11(10,3)7-14-8-13-4/h9,12H,5-8H2,1-4H3/t9?,11-/m0/s1. The summed E-state index contributed by atoms with van der Waals surface area (Å²) < 4.78 is 10.3. The first-order valence-corrected chi connectivity index (χ1v) is 5.19. The normalized spacial score (nSPS) is 36.2. The predicted molar refractivity (Wildman–Crippen MR) is 55.0 cm³/mol. The van der Waals surface area contributed by atoms with Crippen LogP contribution in [0.3, 0.4) is 0 Å². The molecule has 1 fully saturated rings. The quantitative estimate of drug-likeness (QED) is 0.558. The SMILES string of the molecule is COCOC[C@]1(C)CCC(O)C1(C)C. The molecule has 0 aromatic rings. The van der Waals surface area contributed by atoms with Gasteiger partial charge in [-0.3, -0.25) is 0 Å². The van der Waals surface area contributed by atoms with Gasteiger partial charge in [0.1, 0.15) is 6.79 Å². The summed E-state index contributed by atoms with van der Waals surface area (Å²) in [6.45, 7) is 7.40. The molecule has 1 rings (SSSR count). The molecule has 0 spiro atoms. The molecule has 3 heteroatoms. The Kier molecular flexibility index (Phi) is 3.56. The molecule has 0 aromatic heterocycles. The van der Waals surface area contributed by atoms with E-state index < -0.39 is 0 Å². The Morgan fingerprint density at radius 1 is 1.36 bits per heavy atom. The summed E-state index contributed by atoms with van der Waals surface area (Å²) in [5.74, 6) is 0. The minimum Gasteiger partial charge on any atom is -0.393 e. The maximum Gasteiger partial charge on any atom is 0.146 e. The highest BCUT2D eigenvalue weighted by Gasteiger charge is 2.50. The maximum atomic E-state index is 9.86. The van der Waals surface area contributed by atoms with Crippen LogP contribution >= 0.6 is 0 Å². The molecule has 1 saturated carbocycles. The molecule has 14 heavy (non-hydrogen) atoms. The summed E-state index contributed by atoms with van der Waals surface area (Å²) in [6.07, 6.45) is 1.68. The van der Waals surface area contributed by atoms with Crippen LogP contribution in [-0.4, -0.2) is 31.7 Å². The Balaban J connectivity index is 2.56. The van der Waals surface area contributed by atoms with Crippen LogP contribution in [-0.2, 0) is 9.47 Å². The lowest BCUT2D eigenvalue weighted by molar-refractivity contribution is -0.0949. The van der Waals surface area contributed by atoms with Crippen LogP contribution in [0.4, 0.5) is 0 Å². The second-order valence-corrected chi connectivity index (χ2v) is 5.09. The molecule has 0 aromatic carbocycles. The van der Waals surface area contributed by atoms with Gasteiger partial charge in [-0.1, -0.05) is 20.8 Å². The van der Waals surface area contributed by atoms with Crippen molar-refractivity contribution in [2.45, 2.75) is 39.7 Å². The Hall–Kier alpha value is -0.120. The second kappa shape index (κ2) is 4.17. The Labute approximate surface area is 86.4 Å². The summed E-state index contributed by atoms with van der Waals surface area (Å²) >= 11 is 0. The van der Waals surface area contributed by atoms with Crippen molar-refractivity contribution in [3.05, 3.63) is 0 Å². The number of aliphatic hydroxyl groups excluding tert-OH is 1. The van der Waals surface area contributed by atoms with Gasteiger partial charge in [-0.05, 0) is 23.7 Å². The van der Waals surface area contributed by atoms with Gasteiger partial charge in [0.25, 0.3) is 0 Å². The fourth-order valence-corrected chi connectivity index (χ4v) is 2.15. The van der Waals surface area contributed by atoms with Gasteiger partial charge in [0.05, 0.1) is 12.7 Å². The van der Waals surface area contributed by atoms with Crippen LogP contribution in [0.2, 0.25) is 0 Å². The highest BCUT2D eigenvalue weighted by atomic mass is 16.7. The fourth-order valence-electron chi connectivity index (χ4n) is 2.15. The summed E-state index contributed by atoms with van der Waals surface area (Å²) in [5, 5.41) is 9.86. The molecule has 1 aliphatic rings. The van der Waals surface area contributed by atoms with E-state index in [0.717, 1.165) is 12.8 Å². The van der Waals surface area contributed by atoms with Crippen molar-refractivity contribution in [2.24, 2.45) is 10.8 Å². The third-order valence-electron chi connectivity index (χ3n) is 3.98. The lowest BCUT2D eigenvalue weighted by Crippen LogP contribution is -2.40. The highest BCUT2D eigenvalue weighted by Crippen LogP contribution is 2.52. The monoisotopic (exact) mass is 202 g/mol. The van der Waals surface area contributed by atoms with Gasteiger partial charge in [0.2, 0.25) is 0 Å². The zero-order chi connectivity index (χ0) is 10.8. The van der Waals surface area contributed by atoms with Gasteiger partial charge >= 0.3 is 0 Å². The molecule has 3 nitrogen and oxygen atoms in total. The first-order valence-electron chi connectivity index (χ1n) is 5.19. The molecule has 0 bridgehead atoms. The summed E-state index contributed by atoms with van der Waals surface area (Å²) in [5.41, 5.74) is -0.00825. The van der Waals surface area contributed by atoms with E-state index in [1.54, 1.807) is 7.11 Å². The Morgan fingerprint density at radius 2 is 2.00 bits per heavy atom. The first kappa shape index (κ1) is 12.0. The minimum absolute atomic E-state index is 0.0605. The topological polar surface area (TPSA) is 38.7 Å². The average Bonchev–Trinajstić information content (AvgIpc) is 2.31. The van der Waals surface area contributed by atoms with E-state index in [0.29, 0.717) is 13.4 Å². The molecular formula is C11H22O3. The molecule has 0 heterocycles. The predicted octanol–water partition coefficient (Wildman–Crippen LogP) is 1.79. The molecule has 0 radical (unpaired) electrons. The zero-order valence-electron chi connectivity index (χ0n) is 9.67. The van der Waals surface area contributed by atoms with Crippen LogP contribution in [0.25, 0.3) is 0 Å². The number of hydrogen-bond donors (Lipinski definition) is 1. The van der Waals surface area contributed by atoms with Crippen LogP contribution < -0.4 is 0 Å². The number of rotatable bonds is 4. The van der Waals surface area contributed by atoms with Gasteiger partial charge in [0, 0.05) is 7.11 Å². The van der Waals surface area contributed by atoms with Crippen molar-refractivity contribution in [1.29, 1.82) is 0 Å². The van der Waals surface area contributed by atoms with Crippen molar-refractivity contribution in [1.82, 2.24) is 0 Å². The van der Waals surface area contributed by atoms with Crippen molar-refractivity contribution < 1.29 is 14.6 Å². The number of aliphatic hydroxyl groups is 1. The highest BCUT2D eigenvalue weighted by molar-refractivity contribution is 5.00. The zero-order valence-corrected chi connectivity index (χ0v) is 9.67. The summed E-state index contributed by atoms with van der Waals surface area (Å²) in [6, 6.07) is 0. The molecule has 0 saturated heterocycles. The number of hydrogen-bond acceptors (Lipinski definition) is 3.